The fourth-order valence-corrected chi connectivity index (χ4v) is 4.26. The molecule has 2 aromatic carbocycles. The maximum absolute atomic E-state index is 12.5. The molecule has 3 aromatic rings. The molecule has 0 spiro atoms. The Morgan fingerprint density at radius 2 is 2.07 bits per heavy atom. The van der Waals surface area contributed by atoms with Gasteiger partial charge in [-0.1, -0.05) is 50.3 Å². The summed E-state index contributed by atoms with van der Waals surface area (Å²) in [6.45, 7) is 3.58. The minimum absolute atomic E-state index is 0.0854. The number of fused-ring (bicyclic) bond motifs is 1. The molecule has 7 nitrogen and oxygen atoms in total. The van der Waals surface area contributed by atoms with Crippen LogP contribution in [0.3, 0.4) is 0 Å². The number of hydrogen-bond acceptors (Lipinski definition) is 6. The third kappa shape index (κ3) is 3.95. The first-order chi connectivity index (χ1) is 14.3. The lowest BCUT2D eigenvalue weighted by Gasteiger charge is -2.28. The number of ketones is 1. The van der Waals surface area contributed by atoms with E-state index < -0.39 is 6.04 Å². The molecule has 1 N–H and O–H groups in total. The lowest BCUT2D eigenvalue weighted by molar-refractivity contribution is -0.114. The number of carbonyl (C=O) groups is 1. The summed E-state index contributed by atoms with van der Waals surface area (Å²) in [6.07, 6.45) is 0. The highest BCUT2D eigenvalue weighted by atomic mass is 79.9. The minimum atomic E-state index is -0.540. The summed E-state index contributed by atoms with van der Waals surface area (Å²) in [4.78, 5) is 12.5. The molecule has 1 aliphatic heterocycles. The van der Waals surface area contributed by atoms with E-state index in [0.29, 0.717) is 33.0 Å². The molecule has 30 heavy (non-hydrogen) atoms. The summed E-state index contributed by atoms with van der Waals surface area (Å²) >= 11 is 15.8. The maximum atomic E-state index is 12.5. The van der Waals surface area contributed by atoms with Crippen molar-refractivity contribution in [1.82, 2.24) is 20.2 Å². The van der Waals surface area contributed by atoms with Gasteiger partial charge in [-0.3, -0.25) is 4.79 Å². The Labute approximate surface area is 191 Å². The number of carbonyl (C=O) groups excluding carboxylic acids is 1. The van der Waals surface area contributed by atoms with E-state index >= 15 is 0 Å². The summed E-state index contributed by atoms with van der Waals surface area (Å²) in [5.74, 6) is 0.955. The van der Waals surface area contributed by atoms with Crippen LogP contribution < -0.4 is 10.1 Å². The predicted molar refractivity (Wildman–Crippen MR) is 118 cm³/mol. The van der Waals surface area contributed by atoms with Gasteiger partial charge in [0.15, 0.2) is 5.78 Å². The van der Waals surface area contributed by atoms with E-state index in [9.17, 15) is 4.79 Å². The van der Waals surface area contributed by atoms with Gasteiger partial charge in [0.2, 0.25) is 5.95 Å². The summed E-state index contributed by atoms with van der Waals surface area (Å²) < 4.78 is 8.54. The van der Waals surface area contributed by atoms with E-state index in [1.807, 2.05) is 31.2 Å². The largest absolute Gasteiger partial charge is 0.488 e. The number of benzene rings is 2. The second kappa shape index (κ2) is 8.37. The van der Waals surface area contributed by atoms with Gasteiger partial charge >= 0.3 is 0 Å². The van der Waals surface area contributed by atoms with Crippen molar-refractivity contribution in [1.29, 1.82) is 0 Å². The molecule has 1 aromatic heterocycles. The van der Waals surface area contributed by atoms with Crippen molar-refractivity contribution >= 4 is 50.9 Å². The van der Waals surface area contributed by atoms with Gasteiger partial charge in [-0.2, -0.15) is 4.68 Å². The first-order valence-corrected chi connectivity index (χ1v) is 10.5. The second-order valence-corrected chi connectivity index (χ2v) is 8.54. The first kappa shape index (κ1) is 20.8. The van der Waals surface area contributed by atoms with Crippen molar-refractivity contribution in [3.05, 3.63) is 73.3 Å². The zero-order valence-electron chi connectivity index (χ0n) is 16.0. The van der Waals surface area contributed by atoms with Gasteiger partial charge in [-0.25, -0.2) is 0 Å². The number of Topliss-reactive ketones (excluding diaryl/α,β-unsaturated/α-hetero) is 1. The molecule has 0 saturated heterocycles. The molecule has 0 radical (unpaired) electrons. The number of nitrogens with one attached hydrogen (secondary N) is 1. The van der Waals surface area contributed by atoms with Crippen LogP contribution in [0.5, 0.6) is 5.75 Å². The minimum Gasteiger partial charge on any atom is -0.488 e. The van der Waals surface area contributed by atoms with Crippen LogP contribution in [0.2, 0.25) is 10.0 Å². The van der Waals surface area contributed by atoms with E-state index in [4.69, 9.17) is 27.9 Å². The summed E-state index contributed by atoms with van der Waals surface area (Å²) in [7, 11) is 0. The lowest BCUT2D eigenvalue weighted by atomic mass is 9.92. The number of hydrogen-bond donors (Lipinski definition) is 1. The smallest absolute Gasteiger partial charge is 0.248 e. The van der Waals surface area contributed by atoms with Crippen molar-refractivity contribution in [3.63, 3.8) is 0 Å². The Morgan fingerprint density at radius 3 is 2.80 bits per heavy atom. The number of rotatable bonds is 5. The van der Waals surface area contributed by atoms with Crippen LogP contribution in [0.1, 0.15) is 31.0 Å². The number of nitrogens with zero attached hydrogens (tertiary/aromatic N) is 4. The van der Waals surface area contributed by atoms with Gasteiger partial charge in [-0.15, -0.1) is 0 Å². The van der Waals surface area contributed by atoms with E-state index in [1.165, 1.54) is 6.92 Å². The fourth-order valence-electron chi connectivity index (χ4n) is 3.41. The van der Waals surface area contributed by atoms with Crippen molar-refractivity contribution < 1.29 is 9.53 Å². The summed E-state index contributed by atoms with van der Waals surface area (Å²) in [5, 5.41) is 16.0. The quantitative estimate of drug-likeness (QED) is 0.510. The molecule has 10 heteroatoms. The summed E-state index contributed by atoms with van der Waals surface area (Å²) in [6, 6.07) is 10.3. The third-order valence-corrected chi connectivity index (χ3v) is 5.84. The Kier molecular flexibility index (Phi) is 5.81. The molecule has 1 unspecified atom stereocenters. The highest BCUT2D eigenvalue weighted by Crippen LogP contribution is 2.40. The molecule has 1 atom stereocenters. The number of aromatic nitrogens is 4. The van der Waals surface area contributed by atoms with Crippen LogP contribution in [-0.2, 0) is 11.4 Å². The van der Waals surface area contributed by atoms with Crippen molar-refractivity contribution in [3.8, 4) is 5.75 Å². The molecule has 0 aliphatic carbocycles. The Morgan fingerprint density at radius 1 is 1.27 bits per heavy atom. The molecule has 1 aliphatic rings. The van der Waals surface area contributed by atoms with Crippen LogP contribution in [0, 0.1) is 0 Å². The van der Waals surface area contributed by atoms with Crippen LogP contribution >= 0.6 is 39.1 Å². The Balaban J connectivity index is 1.77. The molecule has 0 amide bonds. The SMILES string of the molecule is CC(=O)C1=C(C)Nc2nnnn2C1c1cc(Br)ccc1OCc1ccc(Cl)cc1Cl. The fraction of sp³-hybridized carbons (Fsp3) is 0.200. The zero-order chi connectivity index (χ0) is 21.4. The van der Waals surface area contributed by atoms with Crippen LogP contribution in [-0.4, -0.2) is 26.0 Å². The molecular weight excluding hydrogens is 493 g/mol. The molecule has 0 fully saturated rings. The number of tetrazole rings is 1. The van der Waals surface area contributed by atoms with Crippen LogP contribution in [0.15, 0.2) is 52.1 Å². The standard InChI is InChI=1S/C20H16BrCl2N5O2/c1-10-18(11(2)29)19(28-20(24-10)25-26-27-28)15-7-13(21)4-6-17(15)30-9-12-3-5-14(22)8-16(12)23/h3-8,19H,9H2,1-2H3,(H,24,25,27). The Hall–Kier alpha value is -2.42. The van der Waals surface area contributed by atoms with Gasteiger partial charge in [0.25, 0.3) is 0 Å². The topological polar surface area (TPSA) is 81.9 Å². The lowest BCUT2D eigenvalue weighted by Crippen LogP contribution is -2.28. The van der Waals surface area contributed by atoms with Crippen molar-refractivity contribution in [2.75, 3.05) is 5.32 Å². The normalized spacial score (nSPS) is 15.6. The van der Waals surface area contributed by atoms with E-state index in [-0.39, 0.29) is 12.4 Å². The van der Waals surface area contributed by atoms with Crippen molar-refractivity contribution in [2.24, 2.45) is 0 Å². The average Bonchev–Trinajstić information content (AvgIpc) is 3.14. The third-order valence-electron chi connectivity index (χ3n) is 4.76. The highest BCUT2D eigenvalue weighted by molar-refractivity contribution is 9.10. The average molecular weight is 509 g/mol. The number of ether oxygens (including phenoxy) is 1. The van der Waals surface area contributed by atoms with Gasteiger partial charge in [-0.05, 0) is 54.6 Å². The number of allylic oxidation sites excluding steroid dienone is 2. The molecule has 0 saturated carbocycles. The molecule has 4 rings (SSSR count). The highest BCUT2D eigenvalue weighted by Gasteiger charge is 2.34. The monoisotopic (exact) mass is 507 g/mol. The predicted octanol–water partition coefficient (Wildman–Crippen LogP) is 5.20. The van der Waals surface area contributed by atoms with Crippen molar-refractivity contribution in [2.45, 2.75) is 26.5 Å². The van der Waals surface area contributed by atoms with Gasteiger partial charge in [0.05, 0.1) is 0 Å². The van der Waals surface area contributed by atoms with Gasteiger partial charge in [0, 0.05) is 36.9 Å². The van der Waals surface area contributed by atoms with Gasteiger partial charge in [0.1, 0.15) is 18.4 Å². The Bertz CT molecular complexity index is 1180. The van der Waals surface area contributed by atoms with E-state index in [2.05, 4.69) is 36.8 Å². The molecular formula is C20H16BrCl2N5O2. The molecule has 2 heterocycles. The number of anilines is 1. The van der Waals surface area contributed by atoms with Crippen LogP contribution in [0.4, 0.5) is 5.95 Å². The van der Waals surface area contributed by atoms with Gasteiger partial charge < -0.3 is 10.1 Å². The summed E-state index contributed by atoms with van der Waals surface area (Å²) in [5.41, 5.74) is 2.79. The molecule has 0 bridgehead atoms. The first-order valence-electron chi connectivity index (χ1n) is 8.98. The van der Waals surface area contributed by atoms with E-state index in [1.54, 1.807) is 16.8 Å². The van der Waals surface area contributed by atoms with Crippen LogP contribution in [0.25, 0.3) is 0 Å². The zero-order valence-corrected chi connectivity index (χ0v) is 19.1. The second-order valence-electron chi connectivity index (χ2n) is 6.78. The number of halogens is 3. The molecule has 154 valence electrons. The maximum Gasteiger partial charge on any atom is 0.248 e. The van der Waals surface area contributed by atoms with E-state index in [0.717, 1.165) is 15.6 Å².